The van der Waals surface area contributed by atoms with E-state index >= 15 is 0 Å². The van der Waals surface area contributed by atoms with Gasteiger partial charge in [-0.25, -0.2) is 0 Å². The van der Waals surface area contributed by atoms with Gasteiger partial charge in [-0.2, -0.15) is 0 Å². The van der Waals surface area contributed by atoms with Crippen molar-refractivity contribution in [2.75, 3.05) is 6.61 Å². The summed E-state index contributed by atoms with van der Waals surface area (Å²) in [5, 5.41) is 0. The van der Waals surface area contributed by atoms with E-state index in [4.69, 9.17) is 10.5 Å². The minimum atomic E-state index is -0.171. The molecule has 118 valence electrons. The molecule has 1 unspecified atom stereocenters. The number of aryl methyl sites for hydroxylation is 3. The number of carbonyl (C=O) groups is 1. The molecular formula is C18H29NO2. The van der Waals surface area contributed by atoms with E-state index in [-0.39, 0.29) is 17.4 Å². The van der Waals surface area contributed by atoms with Gasteiger partial charge in [0.05, 0.1) is 13.0 Å². The first-order chi connectivity index (χ1) is 9.66. The zero-order chi connectivity index (χ0) is 16.2. The molecule has 0 amide bonds. The second-order valence-corrected chi connectivity index (χ2v) is 6.77. The van der Waals surface area contributed by atoms with Crippen LogP contribution >= 0.6 is 0 Å². The average molecular weight is 291 g/mol. The van der Waals surface area contributed by atoms with Crippen LogP contribution in [-0.2, 0) is 9.53 Å². The monoisotopic (exact) mass is 291 g/mol. The quantitative estimate of drug-likeness (QED) is 0.806. The number of nitrogens with two attached hydrogens (primary N) is 1. The summed E-state index contributed by atoms with van der Waals surface area (Å²) in [7, 11) is 0. The van der Waals surface area contributed by atoms with Gasteiger partial charge in [-0.05, 0) is 56.2 Å². The Morgan fingerprint density at radius 1 is 1.24 bits per heavy atom. The number of hydrogen-bond donors (Lipinski definition) is 1. The molecular weight excluding hydrogens is 262 g/mol. The first-order valence-corrected chi connectivity index (χ1v) is 7.65. The van der Waals surface area contributed by atoms with Gasteiger partial charge in [-0.1, -0.05) is 31.5 Å². The molecule has 0 heterocycles. The lowest BCUT2D eigenvalue weighted by Gasteiger charge is -2.29. The molecule has 0 spiro atoms. The van der Waals surface area contributed by atoms with E-state index in [9.17, 15) is 4.79 Å². The van der Waals surface area contributed by atoms with Crippen molar-refractivity contribution < 1.29 is 9.53 Å². The van der Waals surface area contributed by atoms with Gasteiger partial charge >= 0.3 is 5.97 Å². The third-order valence-electron chi connectivity index (χ3n) is 3.81. The summed E-state index contributed by atoms with van der Waals surface area (Å²) in [5.41, 5.74) is 11.2. The smallest absolute Gasteiger partial charge is 0.306 e. The highest BCUT2D eigenvalue weighted by Crippen LogP contribution is 2.34. The van der Waals surface area contributed by atoms with Crippen LogP contribution in [0.2, 0.25) is 0 Å². The molecule has 0 fully saturated rings. The van der Waals surface area contributed by atoms with Gasteiger partial charge < -0.3 is 10.5 Å². The molecule has 0 aliphatic rings. The van der Waals surface area contributed by atoms with E-state index < -0.39 is 0 Å². The summed E-state index contributed by atoms with van der Waals surface area (Å²) in [4.78, 5) is 11.7. The standard InChI is InChI=1S/C18H29NO2/c1-7-21-16(20)11-18(5,6)10-15(19)17-13(3)8-12(2)9-14(17)4/h8-9,15H,7,10-11,19H2,1-6H3. The molecule has 0 saturated heterocycles. The van der Waals surface area contributed by atoms with E-state index in [1.54, 1.807) is 0 Å². The summed E-state index contributed by atoms with van der Waals surface area (Å²) in [6, 6.07) is 4.27. The Labute approximate surface area is 128 Å². The minimum absolute atomic E-state index is 0.0602. The van der Waals surface area contributed by atoms with Crippen molar-refractivity contribution >= 4 is 5.97 Å². The SMILES string of the molecule is CCOC(=O)CC(C)(C)CC(N)c1c(C)cc(C)cc1C. The van der Waals surface area contributed by atoms with Gasteiger partial charge in [0, 0.05) is 6.04 Å². The Morgan fingerprint density at radius 3 is 2.24 bits per heavy atom. The van der Waals surface area contributed by atoms with E-state index in [1.807, 2.05) is 6.92 Å². The van der Waals surface area contributed by atoms with Crippen LogP contribution in [0.1, 0.15) is 61.9 Å². The van der Waals surface area contributed by atoms with Crippen LogP contribution in [0.3, 0.4) is 0 Å². The predicted octanol–water partition coefficient (Wildman–Crippen LogP) is 3.98. The van der Waals surface area contributed by atoms with Crippen LogP contribution in [0.5, 0.6) is 0 Å². The third-order valence-corrected chi connectivity index (χ3v) is 3.81. The Balaban J connectivity index is 2.85. The lowest BCUT2D eigenvalue weighted by Crippen LogP contribution is -2.26. The normalized spacial score (nSPS) is 13.1. The fraction of sp³-hybridized carbons (Fsp3) is 0.611. The molecule has 2 N–H and O–H groups in total. The largest absolute Gasteiger partial charge is 0.466 e. The number of benzene rings is 1. The first kappa shape index (κ1) is 17.7. The summed E-state index contributed by atoms with van der Waals surface area (Å²) in [6.07, 6.45) is 1.16. The second-order valence-electron chi connectivity index (χ2n) is 6.77. The van der Waals surface area contributed by atoms with E-state index in [0.29, 0.717) is 13.0 Å². The molecule has 1 atom stereocenters. The summed E-state index contributed by atoms with van der Waals surface area (Å²) in [5.74, 6) is -0.146. The van der Waals surface area contributed by atoms with Gasteiger partial charge in [0.2, 0.25) is 0 Å². The van der Waals surface area contributed by atoms with Gasteiger partial charge in [0.15, 0.2) is 0 Å². The van der Waals surface area contributed by atoms with E-state index in [1.165, 1.54) is 22.3 Å². The molecule has 0 radical (unpaired) electrons. The minimum Gasteiger partial charge on any atom is -0.466 e. The number of ether oxygens (including phenoxy) is 1. The highest BCUT2D eigenvalue weighted by Gasteiger charge is 2.27. The fourth-order valence-corrected chi connectivity index (χ4v) is 3.15. The van der Waals surface area contributed by atoms with Crippen LogP contribution in [0.4, 0.5) is 0 Å². The molecule has 1 aromatic carbocycles. The maximum atomic E-state index is 11.7. The van der Waals surface area contributed by atoms with Crippen molar-refractivity contribution in [2.24, 2.45) is 11.1 Å². The molecule has 1 rings (SSSR count). The van der Waals surface area contributed by atoms with Crippen molar-refractivity contribution in [1.29, 1.82) is 0 Å². The Morgan fingerprint density at radius 2 is 1.76 bits per heavy atom. The molecule has 0 aliphatic heterocycles. The maximum absolute atomic E-state index is 11.7. The van der Waals surface area contributed by atoms with E-state index in [2.05, 4.69) is 46.8 Å². The third kappa shape index (κ3) is 5.16. The highest BCUT2D eigenvalue weighted by atomic mass is 16.5. The first-order valence-electron chi connectivity index (χ1n) is 7.65. The molecule has 0 aliphatic carbocycles. The van der Waals surface area contributed by atoms with Crippen molar-refractivity contribution in [3.05, 3.63) is 34.4 Å². The summed E-state index contributed by atoms with van der Waals surface area (Å²) < 4.78 is 5.05. The Kier molecular flexibility index (Phi) is 5.97. The predicted molar refractivity (Wildman–Crippen MR) is 87.2 cm³/mol. The molecule has 21 heavy (non-hydrogen) atoms. The van der Waals surface area contributed by atoms with E-state index in [0.717, 1.165) is 6.42 Å². The maximum Gasteiger partial charge on any atom is 0.306 e. The van der Waals surface area contributed by atoms with Gasteiger partial charge in [-0.15, -0.1) is 0 Å². The summed E-state index contributed by atoms with van der Waals surface area (Å²) >= 11 is 0. The zero-order valence-corrected chi connectivity index (χ0v) is 14.2. The molecule has 0 bridgehead atoms. The lowest BCUT2D eigenvalue weighted by atomic mass is 9.79. The molecule has 0 saturated carbocycles. The van der Waals surface area contributed by atoms with Crippen molar-refractivity contribution in [3.8, 4) is 0 Å². The van der Waals surface area contributed by atoms with Gasteiger partial charge in [0.1, 0.15) is 0 Å². The number of esters is 1. The van der Waals surface area contributed by atoms with Crippen LogP contribution in [0.15, 0.2) is 12.1 Å². The highest BCUT2D eigenvalue weighted by molar-refractivity contribution is 5.70. The lowest BCUT2D eigenvalue weighted by molar-refractivity contribution is -0.145. The van der Waals surface area contributed by atoms with Crippen LogP contribution in [-0.4, -0.2) is 12.6 Å². The Bertz CT molecular complexity index is 483. The van der Waals surface area contributed by atoms with Crippen LogP contribution in [0.25, 0.3) is 0 Å². The van der Waals surface area contributed by atoms with Crippen molar-refractivity contribution in [1.82, 2.24) is 0 Å². The molecule has 1 aromatic rings. The Hall–Kier alpha value is -1.35. The zero-order valence-electron chi connectivity index (χ0n) is 14.2. The molecule has 3 heteroatoms. The van der Waals surface area contributed by atoms with Crippen molar-refractivity contribution in [3.63, 3.8) is 0 Å². The van der Waals surface area contributed by atoms with Gasteiger partial charge in [-0.3, -0.25) is 4.79 Å². The second kappa shape index (κ2) is 7.08. The number of carbonyl (C=O) groups excluding carboxylic acids is 1. The number of hydrogen-bond acceptors (Lipinski definition) is 3. The fourth-order valence-electron chi connectivity index (χ4n) is 3.15. The topological polar surface area (TPSA) is 52.3 Å². The summed E-state index contributed by atoms with van der Waals surface area (Å²) in [6.45, 7) is 12.7. The van der Waals surface area contributed by atoms with Gasteiger partial charge in [0.25, 0.3) is 0 Å². The van der Waals surface area contributed by atoms with Crippen LogP contribution in [0, 0.1) is 26.2 Å². The molecule has 0 aromatic heterocycles. The number of rotatable bonds is 6. The van der Waals surface area contributed by atoms with Crippen molar-refractivity contribution in [2.45, 2.75) is 60.4 Å². The van der Waals surface area contributed by atoms with Crippen LogP contribution < -0.4 is 5.73 Å². The molecule has 3 nitrogen and oxygen atoms in total. The average Bonchev–Trinajstić information content (AvgIpc) is 2.25.